The lowest BCUT2D eigenvalue weighted by atomic mass is 10.0. The fraction of sp³-hybridized carbons (Fsp3) is 0.333. The Kier molecular flexibility index (Phi) is 4.08. The van der Waals surface area contributed by atoms with Gasteiger partial charge in [-0.15, -0.1) is 11.3 Å². The summed E-state index contributed by atoms with van der Waals surface area (Å²) in [6.45, 7) is 2.54. The zero-order chi connectivity index (χ0) is 16.5. The van der Waals surface area contributed by atoms with Crippen molar-refractivity contribution >= 4 is 22.2 Å². The minimum atomic E-state index is 0.112. The van der Waals surface area contributed by atoms with E-state index in [9.17, 15) is 4.79 Å². The van der Waals surface area contributed by atoms with Crippen molar-refractivity contribution in [2.24, 2.45) is 0 Å². The molecule has 24 heavy (non-hydrogen) atoms. The summed E-state index contributed by atoms with van der Waals surface area (Å²) in [6.07, 6.45) is 4.29. The minimum Gasteiger partial charge on any atom is -0.333 e. The van der Waals surface area contributed by atoms with E-state index in [1.165, 1.54) is 5.56 Å². The van der Waals surface area contributed by atoms with Crippen LogP contribution in [0.1, 0.15) is 17.3 Å². The quantitative estimate of drug-likeness (QED) is 0.735. The minimum absolute atomic E-state index is 0.112. The van der Waals surface area contributed by atoms with Gasteiger partial charge in [0.05, 0.1) is 18.2 Å². The summed E-state index contributed by atoms with van der Waals surface area (Å²) in [5, 5.41) is 2.00. The second-order valence-electron chi connectivity index (χ2n) is 6.28. The molecule has 0 bridgehead atoms. The third-order valence-corrected chi connectivity index (χ3v) is 5.33. The lowest BCUT2D eigenvalue weighted by Gasteiger charge is -2.40. The number of likely N-dealkylation sites (N-methyl/N-ethyl adjacent to an activating group) is 1. The van der Waals surface area contributed by atoms with Gasteiger partial charge in [0, 0.05) is 37.4 Å². The maximum atomic E-state index is 12.9. The summed E-state index contributed by atoms with van der Waals surface area (Å²) in [7, 11) is 2.11. The molecule has 0 N–H and O–H groups in total. The normalized spacial score (nSPS) is 19.0. The van der Waals surface area contributed by atoms with Gasteiger partial charge >= 0.3 is 0 Å². The first-order valence-electron chi connectivity index (χ1n) is 8.15. The highest BCUT2D eigenvalue weighted by atomic mass is 32.1. The fourth-order valence-electron chi connectivity index (χ4n) is 3.30. The molecule has 1 aliphatic heterocycles. The van der Waals surface area contributed by atoms with Gasteiger partial charge in [-0.05, 0) is 12.6 Å². The Morgan fingerprint density at radius 2 is 2.12 bits per heavy atom. The van der Waals surface area contributed by atoms with Gasteiger partial charge in [-0.3, -0.25) is 9.20 Å². The van der Waals surface area contributed by atoms with E-state index in [4.69, 9.17) is 0 Å². The first-order chi connectivity index (χ1) is 11.7. The highest BCUT2D eigenvalue weighted by Crippen LogP contribution is 2.25. The lowest BCUT2D eigenvalue weighted by molar-refractivity contribution is -0.135. The summed E-state index contributed by atoms with van der Waals surface area (Å²) in [5.41, 5.74) is 2.04. The van der Waals surface area contributed by atoms with Crippen molar-refractivity contribution in [2.45, 2.75) is 12.5 Å². The predicted octanol–water partition coefficient (Wildman–Crippen LogP) is 2.45. The van der Waals surface area contributed by atoms with Crippen LogP contribution < -0.4 is 0 Å². The average Bonchev–Trinajstić information content (AvgIpc) is 3.17. The number of thiazole rings is 1. The van der Waals surface area contributed by atoms with Gasteiger partial charge in [-0.1, -0.05) is 30.3 Å². The van der Waals surface area contributed by atoms with E-state index in [2.05, 4.69) is 29.1 Å². The van der Waals surface area contributed by atoms with E-state index in [-0.39, 0.29) is 11.9 Å². The number of hydrogen-bond donors (Lipinski definition) is 0. The van der Waals surface area contributed by atoms with Crippen LogP contribution >= 0.6 is 11.3 Å². The molecule has 3 aromatic rings. The maximum absolute atomic E-state index is 12.9. The Labute approximate surface area is 145 Å². The number of hydrogen-bond acceptors (Lipinski definition) is 4. The van der Waals surface area contributed by atoms with Crippen LogP contribution in [-0.4, -0.2) is 51.8 Å². The molecule has 3 heterocycles. The third-order valence-electron chi connectivity index (χ3n) is 4.56. The van der Waals surface area contributed by atoms with E-state index < -0.39 is 0 Å². The summed E-state index contributed by atoms with van der Waals surface area (Å²) in [4.78, 5) is 22.7. The van der Waals surface area contributed by atoms with Crippen LogP contribution in [0, 0.1) is 0 Å². The molecule has 0 spiro atoms. The molecule has 1 amide bonds. The van der Waals surface area contributed by atoms with Gasteiger partial charge in [-0.2, -0.15) is 0 Å². The van der Waals surface area contributed by atoms with Gasteiger partial charge in [0.2, 0.25) is 5.91 Å². The van der Waals surface area contributed by atoms with Crippen molar-refractivity contribution in [1.82, 2.24) is 19.2 Å². The molecule has 1 aliphatic rings. The molecule has 2 aromatic heterocycles. The van der Waals surface area contributed by atoms with Crippen molar-refractivity contribution in [3.63, 3.8) is 0 Å². The van der Waals surface area contributed by atoms with Crippen molar-refractivity contribution < 1.29 is 4.79 Å². The number of fused-ring (bicyclic) bond motifs is 1. The summed E-state index contributed by atoms with van der Waals surface area (Å²) < 4.78 is 1.98. The first-order valence-corrected chi connectivity index (χ1v) is 9.03. The smallest absolute Gasteiger partial charge is 0.229 e. The van der Waals surface area contributed by atoms with Crippen LogP contribution in [0.15, 0.2) is 48.1 Å². The van der Waals surface area contributed by atoms with Crippen molar-refractivity contribution in [3.05, 3.63) is 59.4 Å². The van der Waals surface area contributed by atoms with Crippen LogP contribution in [0.4, 0.5) is 0 Å². The highest BCUT2D eigenvalue weighted by Gasteiger charge is 2.30. The van der Waals surface area contributed by atoms with Gasteiger partial charge in [-0.25, -0.2) is 4.98 Å². The standard InChI is InChI=1S/C18H20N4OS/c1-20-7-8-22(16(13-20)14-5-3-2-4-6-14)17(23)11-15-12-21-9-10-24-18(21)19-15/h2-6,9-10,12,16H,7-8,11,13H2,1H3. The number of aromatic nitrogens is 2. The monoisotopic (exact) mass is 340 g/mol. The Hall–Kier alpha value is -2.18. The molecule has 4 rings (SSSR count). The highest BCUT2D eigenvalue weighted by molar-refractivity contribution is 7.15. The summed E-state index contributed by atoms with van der Waals surface area (Å²) >= 11 is 1.59. The zero-order valence-corrected chi connectivity index (χ0v) is 14.4. The average molecular weight is 340 g/mol. The van der Waals surface area contributed by atoms with E-state index in [1.54, 1.807) is 11.3 Å². The number of amides is 1. The molecule has 124 valence electrons. The van der Waals surface area contributed by atoms with Crippen LogP contribution in [0.5, 0.6) is 0 Å². The van der Waals surface area contributed by atoms with Gasteiger partial charge in [0.1, 0.15) is 0 Å². The van der Waals surface area contributed by atoms with Crippen LogP contribution in [0.25, 0.3) is 4.96 Å². The SMILES string of the molecule is CN1CCN(C(=O)Cc2cn3ccsc3n2)C(c2ccccc2)C1. The molecule has 0 radical (unpaired) electrons. The second-order valence-corrected chi connectivity index (χ2v) is 7.15. The molecule has 0 saturated carbocycles. The number of nitrogens with zero attached hydrogens (tertiary/aromatic N) is 4. The summed E-state index contributed by atoms with van der Waals surface area (Å²) in [5.74, 6) is 0.155. The van der Waals surface area contributed by atoms with Crippen molar-refractivity contribution in [2.75, 3.05) is 26.7 Å². The molecule has 6 heteroatoms. The molecule has 5 nitrogen and oxygen atoms in total. The molecule has 0 aliphatic carbocycles. The van der Waals surface area contributed by atoms with E-state index in [0.717, 1.165) is 30.3 Å². The van der Waals surface area contributed by atoms with Crippen LogP contribution in [0.3, 0.4) is 0 Å². The van der Waals surface area contributed by atoms with E-state index >= 15 is 0 Å². The molecule has 1 unspecified atom stereocenters. The number of imidazole rings is 1. The third kappa shape index (κ3) is 2.95. The number of carbonyl (C=O) groups is 1. The number of benzene rings is 1. The van der Waals surface area contributed by atoms with E-state index in [0.29, 0.717) is 6.42 Å². The van der Waals surface area contributed by atoms with Gasteiger partial charge < -0.3 is 9.80 Å². The first kappa shape index (κ1) is 15.4. The second kappa shape index (κ2) is 6.37. The number of piperazine rings is 1. The summed E-state index contributed by atoms with van der Waals surface area (Å²) in [6, 6.07) is 10.4. The number of carbonyl (C=O) groups excluding carboxylic acids is 1. The lowest BCUT2D eigenvalue weighted by Crippen LogP contribution is -2.49. The molecule has 1 aromatic carbocycles. The fourth-order valence-corrected chi connectivity index (χ4v) is 4.02. The van der Waals surface area contributed by atoms with E-state index in [1.807, 2.05) is 45.3 Å². The van der Waals surface area contributed by atoms with Gasteiger partial charge in [0.25, 0.3) is 0 Å². The molecular weight excluding hydrogens is 320 g/mol. The predicted molar refractivity (Wildman–Crippen MR) is 95.2 cm³/mol. The Balaban J connectivity index is 1.55. The molecular formula is C18H20N4OS. The Bertz CT molecular complexity index is 812. The van der Waals surface area contributed by atoms with Crippen LogP contribution in [0.2, 0.25) is 0 Å². The molecule has 1 fully saturated rings. The van der Waals surface area contributed by atoms with Crippen molar-refractivity contribution in [1.29, 1.82) is 0 Å². The van der Waals surface area contributed by atoms with Crippen LogP contribution in [-0.2, 0) is 11.2 Å². The Morgan fingerprint density at radius 1 is 1.29 bits per heavy atom. The number of rotatable bonds is 3. The molecule has 1 atom stereocenters. The maximum Gasteiger partial charge on any atom is 0.229 e. The largest absolute Gasteiger partial charge is 0.333 e. The Morgan fingerprint density at radius 3 is 2.92 bits per heavy atom. The van der Waals surface area contributed by atoms with Gasteiger partial charge in [0.15, 0.2) is 4.96 Å². The van der Waals surface area contributed by atoms with Crippen molar-refractivity contribution in [3.8, 4) is 0 Å². The zero-order valence-electron chi connectivity index (χ0n) is 13.6. The molecule has 1 saturated heterocycles. The topological polar surface area (TPSA) is 40.9 Å².